The summed E-state index contributed by atoms with van der Waals surface area (Å²) in [5.74, 6) is 0.235. The number of nitrogens with zero attached hydrogens (tertiary/aromatic N) is 1. The minimum absolute atomic E-state index is 0.266. The standard InChI is InChI=1S/C19H16N2O6/c1-10(22)26-13-5-6-15-14(9-13)19(24)21-18(20-15)12-4-7-16(27-11(2)23)17(8-12)25-3/h4-9H,1-3H3,(H,20,21,24). The van der Waals surface area contributed by atoms with E-state index in [1.54, 1.807) is 30.3 Å². The zero-order valence-corrected chi connectivity index (χ0v) is 14.9. The molecule has 1 aromatic heterocycles. The monoisotopic (exact) mass is 368 g/mol. The molecule has 138 valence electrons. The molecule has 0 aliphatic carbocycles. The van der Waals surface area contributed by atoms with Crippen molar-refractivity contribution in [3.63, 3.8) is 0 Å². The highest BCUT2D eigenvalue weighted by Crippen LogP contribution is 2.31. The SMILES string of the molecule is COc1cc(-c2nc3ccc(OC(C)=O)cc3c(=O)[nH]2)ccc1OC(C)=O. The Balaban J connectivity index is 2.05. The molecule has 0 aliphatic heterocycles. The Morgan fingerprint density at radius 2 is 1.70 bits per heavy atom. The number of rotatable bonds is 4. The van der Waals surface area contributed by atoms with Gasteiger partial charge in [0.2, 0.25) is 0 Å². The predicted octanol–water partition coefficient (Wildman–Crippen LogP) is 2.45. The van der Waals surface area contributed by atoms with Crippen molar-refractivity contribution in [3.8, 4) is 28.6 Å². The van der Waals surface area contributed by atoms with E-state index in [-0.39, 0.29) is 17.1 Å². The highest BCUT2D eigenvalue weighted by atomic mass is 16.6. The van der Waals surface area contributed by atoms with Gasteiger partial charge < -0.3 is 19.2 Å². The van der Waals surface area contributed by atoms with Gasteiger partial charge >= 0.3 is 11.9 Å². The molecule has 3 rings (SSSR count). The van der Waals surface area contributed by atoms with Crippen molar-refractivity contribution >= 4 is 22.8 Å². The molecule has 3 aromatic rings. The predicted molar refractivity (Wildman–Crippen MR) is 97.0 cm³/mol. The third kappa shape index (κ3) is 3.95. The zero-order chi connectivity index (χ0) is 19.6. The molecule has 27 heavy (non-hydrogen) atoms. The van der Waals surface area contributed by atoms with Crippen LogP contribution in [0.25, 0.3) is 22.3 Å². The van der Waals surface area contributed by atoms with E-state index in [9.17, 15) is 14.4 Å². The lowest BCUT2D eigenvalue weighted by Gasteiger charge is -2.10. The van der Waals surface area contributed by atoms with Gasteiger partial charge in [-0.15, -0.1) is 0 Å². The van der Waals surface area contributed by atoms with Crippen LogP contribution in [0, 0.1) is 0 Å². The number of ether oxygens (including phenoxy) is 3. The number of hydrogen-bond acceptors (Lipinski definition) is 7. The molecule has 0 atom stereocenters. The van der Waals surface area contributed by atoms with Crippen LogP contribution in [0.1, 0.15) is 13.8 Å². The van der Waals surface area contributed by atoms with Crippen LogP contribution in [0.3, 0.4) is 0 Å². The van der Waals surface area contributed by atoms with E-state index in [0.717, 1.165) is 0 Å². The van der Waals surface area contributed by atoms with E-state index in [2.05, 4.69) is 9.97 Å². The van der Waals surface area contributed by atoms with Gasteiger partial charge in [-0.3, -0.25) is 14.4 Å². The molecule has 0 bridgehead atoms. The number of aromatic amines is 1. The summed E-state index contributed by atoms with van der Waals surface area (Å²) in [5, 5.41) is 0.293. The van der Waals surface area contributed by atoms with Gasteiger partial charge in [-0.25, -0.2) is 4.98 Å². The average molecular weight is 368 g/mol. The smallest absolute Gasteiger partial charge is 0.308 e. The fourth-order valence-corrected chi connectivity index (χ4v) is 2.54. The number of fused-ring (bicyclic) bond motifs is 1. The second-order valence-electron chi connectivity index (χ2n) is 5.65. The first kappa shape index (κ1) is 18.1. The third-order valence-electron chi connectivity index (χ3n) is 3.63. The summed E-state index contributed by atoms with van der Waals surface area (Å²) in [6, 6.07) is 9.43. The number of benzene rings is 2. The lowest BCUT2D eigenvalue weighted by Crippen LogP contribution is -2.10. The fraction of sp³-hybridized carbons (Fsp3) is 0.158. The van der Waals surface area contributed by atoms with Crippen LogP contribution in [0.15, 0.2) is 41.2 Å². The van der Waals surface area contributed by atoms with Gasteiger partial charge in [-0.05, 0) is 36.4 Å². The molecular formula is C19H16N2O6. The molecule has 0 amide bonds. The quantitative estimate of drug-likeness (QED) is 0.557. The lowest BCUT2D eigenvalue weighted by molar-refractivity contribution is -0.132. The summed E-state index contributed by atoms with van der Waals surface area (Å²) >= 11 is 0. The maximum absolute atomic E-state index is 12.4. The van der Waals surface area contributed by atoms with Gasteiger partial charge in [0.15, 0.2) is 11.5 Å². The van der Waals surface area contributed by atoms with Crippen molar-refractivity contribution < 1.29 is 23.8 Å². The van der Waals surface area contributed by atoms with Crippen LogP contribution in [-0.2, 0) is 9.59 Å². The second-order valence-corrected chi connectivity index (χ2v) is 5.65. The van der Waals surface area contributed by atoms with E-state index < -0.39 is 11.9 Å². The summed E-state index contributed by atoms with van der Waals surface area (Å²) in [7, 11) is 1.44. The molecule has 8 heteroatoms. The van der Waals surface area contributed by atoms with E-state index in [1.807, 2.05) is 0 Å². The van der Waals surface area contributed by atoms with E-state index >= 15 is 0 Å². The zero-order valence-electron chi connectivity index (χ0n) is 14.9. The maximum atomic E-state index is 12.4. The molecule has 0 saturated heterocycles. The first-order chi connectivity index (χ1) is 12.9. The van der Waals surface area contributed by atoms with Crippen LogP contribution < -0.4 is 19.8 Å². The first-order valence-electron chi connectivity index (χ1n) is 7.96. The summed E-state index contributed by atoms with van der Waals surface area (Å²) in [4.78, 5) is 41.8. The molecule has 0 unspecified atom stereocenters. The Kier molecular flexibility index (Phi) is 4.89. The third-order valence-corrected chi connectivity index (χ3v) is 3.63. The topological polar surface area (TPSA) is 108 Å². The number of hydrogen-bond donors (Lipinski definition) is 1. The van der Waals surface area contributed by atoms with Gasteiger partial charge in [0.05, 0.1) is 18.0 Å². The molecule has 0 radical (unpaired) electrons. The Morgan fingerprint density at radius 1 is 0.963 bits per heavy atom. The van der Waals surface area contributed by atoms with Gasteiger partial charge in [-0.2, -0.15) is 0 Å². The molecule has 8 nitrogen and oxygen atoms in total. The molecule has 2 aromatic carbocycles. The molecule has 1 heterocycles. The van der Waals surface area contributed by atoms with Crippen LogP contribution in [-0.4, -0.2) is 29.0 Å². The average Bonchev–Trinajstić information content (AvgIpc) is 2.61. The minimum Gasteiger partial charge on any atom is -0.493 e. The number of carbonyl (C=O) groups is 2. The van der Waals surface area contributed by atoms with Crippen molar-refractivity contribution in [2.75, 3.05) is 7.11 Å². The summed E-state index contributed by atoms with van der Waals surface area (Å²) in [6.07, 6.45) is 0. The number of methoxy groups -OCH3 is 1. The Morgan fingerprint density at radius 3 is 2.37 bits per heavy atom. The Hall–Kier alpha value is -3.68. The molecule has 0 spiro atoms. The number of aromatic nitrogens is 2. The van der Waals surface area contributed by atoms with Crippen molar-refractivity contribution in [2.24, 2.45) is 0 Å². The van der Waals surface area contributed by atoms with Crippen molar-refractivity contribution in [1.29, 1.82) is 0 Å². The number of carbonyl (C=O) groups excluding carboxylic acids is 2. The van der Waals surface area contributed by atoms with Gasteiger partial charge in [0.25, 0.3) is 5.56 Å². The van der Waals surface area contributed by atoms with E-state index in [0.29, 0.717) is 28.0 Å². The molecule has 0 saturated carbocycles. The minimum atomic E-state index is -0.477. The highest BCUT2D eigenvalue weighted by molar-refractivity contribution is 5.82. The molecule has 0 fully saturated rings. The lowest BCUT2D eigenvalue weighted by atomic mass is 10.1. The fourth-order valence-electron chi connectivity index (χ4n) is 2.54. The largest absolute Gasteiger partial charge is 0.493 e. The van der Waals surface area contributed by atoms with Gasteiger partial charge in [0.1, 0.15) is 11.6 Å². The normalized spacial score (nSPS) is 10.5. The van der Waals surface area contributed by atoms with Crippen LogP contribution in [0.4, 0.5) is 0 Å². The Bertz CT molecular complexity index is 1100. The molecule has 0 aliphatic rings. The number of esters is 2. The summed E-state index contributed by atoms with van der Waals surface area (Å²) in [5.41, 5.74) is 0.630. The van der Waals surface area contributed by atoms with Crippen molar-refractivity contribution in [2.45, 2.75) is 13.8 Å². The second kappa shape index (κ2) is 7.28. The highest BCUT2D eigenvalue weighted by Gasteiger charge is 2.12. The first-order valence-corrected chi connectivity index (χ1v) is 7.96. The number of nitrogens with one attached hydrogen (secondary N) is 1. The van der Waals surface area contributed by atoms with Crippen LogP contribution in [0.5, 0.6) is 17.2 Å². The summed E-state index contributed by atoms with van der Waals surface area (Å²) in [6.45, 7) is 2.57. The Labute approximate surface area is 153 Å². The molecular weight excluding hydrogens is 352 g/mol. The van der Waals surface area contributed by atoms with E-state index in [1.165, 1.54) is 27.0 Å². The summed E-state index contributed by atoms with van der Waals surface area (Å²) < 4.78 is 15.3. The maximum Gasteiger partial charge on any atom is 0.308 e. The van der Waals surface area contributed by atoms with Crippen LogP contribution >= 0.6 is 0 Å². The van der Waals surface area contributed by atoms with Crippen molar-refractivity contribution in [1.82, 2.24) is 9.97 Å². The molecule has 1 N–H and O–H groups in total. The van der Waals surface area contributed by atoms with Gasteiger partial charge in [0, 0.05) is 19.4 Å². The van der Waals surface area contributed by atoms with E-state index in [4.69, 9.17) is 14.2 Å². The van der Waals surface area contributed by atoms with Crippen LogP contribution in [0.2, 0.25) is 0 Å². The van der Waals surface area contributed by atoms with Crippen molar-refractivity contribution in [3.05, 3.63) is 46.8 Å². The number of H-pyrrole nitrogens is 1. The van der Waals surface area contributed by atoms with Gasteiger partial charge in [-0.1, -0.05) is 0 Å².